The topological polar surface area (TPSA) is 120 Å². The van der Waals surface area contributed by atoms with Crippen molar-refractivity contribution in [3.05, 3.63) is 65.6 Å². The summed E-state index contributed by atoms with van der Waals surface area (Å²) < 4.78 is 14.1. The van der Waals surface area contributed by atoms with E-state index in [4.69, 9.17) is 14.6 Å². The third-order valence-electron chi connectivity index (χ3n) is 7.27. The van der Waals surface area contributed by atoms with Gasteiger partial charge in [0.2, 0.25) is 5.82 Å². The van der Waals surface area contributed by atoms with Crippen LogP contribution < -0.4 is 20.0 Å². The molecule has 2 aliphatic rings. The van der Waals surface area contributed by atoms with E-state index in [2.05, 4.69) is 15.6 Å². The van der Waals surface area contributed by atoms with E-state index in [9.17, 15) is 9.59 Å². The summed E-state index contributed by atoms with van der Waals surface area (Å²) in [6, 6.07) is 14.9. The molecule has 2 aromatic carbocycles. The molecule has 0 atom stereocenters. The van der Waals surface area contributed by atoms with Crippen LogP contribution in [0.5, 0.6) is 5.75 Å². The van der Waals surface area contributed by atoms with Crippen molar-refractivity contribution in [2.45, 2.75) is 19.8 Å². The lowest BCUT2D eigenvalue weighted by Gasteiger charge is -2.29. The average Bonchev–Trinajstić information content (AvgIpc) is 3.59. The van der Waals surface area contributed by atoms with Crippen LogP contribution in [0.3, 0.4) is 0 Å². The molecule has 12 heteroatoms. The molecule has 2 aromatic heterocycles. The van der Waals surface area contributed by atoms with Gasteiger partial charge in [0.1, 0.15) is 23.7 Å². The number of carbonyl (C=O) groups is 2. The summed E-state index contributed by atoms with van der Waals surface area (Å²) in [5.41, 5.74) is 7.30. The number of rotatable bonds is 7. The fourth-order valence-corrected chi connectivity index (χ4v) is 5.23. The number of nitrogens with zero attached hydrogens (tertiary/aromatic N) is 7. The Bertz CT molecular complexity index is 1560. The van der Waals surface area contributed by atoms with Crippen molar-refractivity contribution >= 4 is 23.2 Å². The van der Waals surface area contributed by atoms with E-state index in [1.807, 2.05) is 60.1 Å². The molecule has 40 heavy (non-hydrogen) atoms. The van der Waals surface area contributed by atoms with Gasteiger partial charge in [-0.05, 0) is 55.0 Å². The molecule has 4 heterocycles. The van der Waals surface area contributed by atoms with Gasteiger partial charge in [-0.25, -0.2) is 9.36 Å². The van der Waals surface area contributed by atoms with Crippen LogP contribution >= 0.6 is 0 Å². The molecule has 2 aliphatic heterocycles. The van der Waals surface area contributed by atoms with Gasteiger partial charge < -0.3 is 24.7 Å². The minimum atomic E-state index is -0.169. The number of methoxy groups -OCH3 is 1. The van der Waals surface area contributed by atoms with Crippen molar-refractivity contribution in [1.82, 2.24) is 24.7 Å². The summed E-state index contributed by atoms with van der Waals surface area (Å²) in [6.45, 7) is 3.56. The fourth-order valence-electron chi connectivity index (χ4n) is 5.23. The number of carbonyl (C=O) groups excluding carboxylic acids is 2. The average molecular weight is 543 g/mol. The monoisotopic (exact) mass is 542 g/mol. The van der Waals surface area contributed by atoms with E-state index in [1.54, 1.807) is 28.6 Å². The predicted octanol–water partition coefficient (Wildman–Crippen LogP) is 2.44. The zero-order valence-corrected chi connectivity index (χ0v) is 22.6. The summed E-state index contributed by atoms with van der Waals surface area (Å²) in [4.78, 5) is 29.9. The Morgan fingerprint density at radius 3 is 2.30 bits per heavy atom. The zero-order valence-electron chi connectivity index (χ0n) is 22.6. The molecular formula is C28H30N8O4. The highest BCUT2D eigenvalue weighted by atomic mass is 16.5. The van der Waals surface area contributed by atoms with Gasteiger partial charge in [-0.3, -0.25) is 9.59 Å². The minimum Gasteiger partial charge on any atom is -0.497 e. The van der Waals surface area contributed by atoms with Crippen molar-refractivity contribution in [3.63, 3.8) is 0 Å². The molecule has 1 fully saturated rings. The van der Waals surface area contributed by atoms with Crippen molar-refractivity contribution in [1.29, 1.82) is 0 Å². The number of hydrogen-bond donors (Lipinski definition) is 1. The van der Waals surface area contributed by atoms with Crippen LogP contribution in [0.15, 0.2) is 48.5 Å². The quantitative estimate of drug-likeness (QED) is 0.378. The van der Waals surface area contributed by atoms with Crippen molar-refractivity contribution in [2.24, 2.45) is 0 Å². The standard InChI is InChI=1S/C28H30N8O4/c1-4-23-30-31-27(36(23)29-2)25-22-13-14-34(19-7-5-18(6-8-19)33-15-16-40-17-24(33)37)28(38)26(22)35(32-25)20-9-11-21(39-3)12-10-20/h5-12,29H,4,13-17H2,1-3H3. The number of amides is 2. The number of hydrogen-bond acceptors (Lipinski definition) is 8. The molecule has 206 valence electrons. The molecule has 0 radical (unpaired) electrons. The lowest BCUT2D eigenvalue weighted by molar-refractivity contribution is -0.125. The lowest BCUT2D eigenvalue weighted by atomic mass is 10.0. The van der Waals surface area contributed by atoms with E-state index in [-0.39, 0.29) is 18.4 Å². The van der Waals surface area contributed by atoms with Crippen molar-refractivity contribution in [2.75, 3.05) is 55.7 Å². The Labute approximate surface area is 231 Å². The first kappa shape index (κ1) is 25.6. The first-order valence-electron chi connectivity index (χ1n) is 13.2. The smallest absolute Gasteiger partial charge is 0.277 e. The van der Waals surface area contributed by atoms with Gasteiger partial charge in [-0.1, -0.05) is 6.92 Å². The first-order chi connectivity index (χ1) is 19.5. The van der Waals surface area contributed by atoms with E-state index < -0.39 is 0 Å². The van der Waals surface area contributed by atoms with Crippen LogP contribution in [0, 0.1) is 0 Å². The van der Waals surface area contributed by atoms with Crippen LogP contribution in [0.4, 0.5) is 11.4 Å². The van der Waals surface area contributed by atoms with Gasteiger partial charge >= 0.3 is 0 Å². The predicted molar refractivity (Wildman–Crippen MR) is 149 cm³/mol. The highest BCUT2D eigenvalue weighted by Crippen LogP contribution is 2.34. The number of fused-ring (bicyclic) bond motifs is 1. The number of morpholine rings is 1. The van der Waals surface area contributed by atoms with Gasteiger partial charge in [-0.15, -0.1) is 10.2 Å². The van der Waals surface area contributed by atoms with E-state index in [1.165, 1.54) is 0 Å². The summed E-state index contributed by atoms with van der Waals surface area (Å²) in [6.07, 6.45) is 1.27. The Kier molecular flexibility index (Phi) is 6.68. The number of anilines is 2. The van der Waals surface area contributed by atoms with Crippen LogP contribution in [-0.4, -0.2) is 76.9 Å². The molecule has 0 spiro atoms. The van der Waals surface area contributed by atoms with Crippen LogP contribution in [-0.2, 0) is 22.4 Å². The summed E-state index contributed by atoms with van der Waals surface area (Å²) in [5, 5.41) is 13.7. The van der Waals surface area contributed by atoms with Gasteiger partial charge in [0.25, 0.3) is 11.8 Å². The van der Waals surface area contributed by atoms with E-state index in [0.29, 0.717) is 55.5 Å². The Morgan fingerprint density at radius 1 is 0.950 bits per heavy atom. The highest BCUT2D eigenvalue weighted by molar-refractivity contribution is 6.08. The molecule has 0 aliphatic carbocycles. The third kappa shape index (κ3) is 4.26. The summed E-state index contributed by atoms with van der Waals surface area (Å²) in [5.74, 6) is 1.79. The van der Waals surface area contributed by atoms with E-state index in [0.717, 1.165) is 28.5 Å². The Hall–Kier alpha value is -4.71. The Morgan fingerprint density at radius 2 is 1.65 bits per heavy atom. The van der Waals surface area contributed by atoms with Crippen molar-refractivity contribution < 1.29 is 19.1 Å². The molecule has 0 unspecified atom stereocenters. The van der Waals surface area contributed by atoms with Gasteiger partial charge in [0, 0.05) is 43.5 Å². The molecule has 1 N–H and O–H groups in total. The lowest BCUT2D eigenvalue weighted by Crippen LogP contribution is -2.41. The maximum Gasteiger partial charge on any atom is 0.277 e. The number of aryl methyl sites for hydroxylation is 1. The minimum absolute atomic E-state index is 0.0748. The van der Waals surface area contributed by atoms with Crippen LogP contribution in [0.25, 0.3) is 17.2 Å². The molecule has 12 nitrogen and oxygen atoms in total. The van der Waals surface area contributed by atoms with Crippen LogP contribution in [0.2, 0.25) is 0 Å². The fraction of sp³-hybridized carbons (Fsp3) is 0.321. The Balaban J connectivity index is 1.41. The summed E-state index contributed by atoms with van der Waals surface area (Å²) in [7, 11) is 3.42. The number of benzene rings is 2. The zero-order chi connectivity index (χ0) is 27.8. The molecule has 2 amide bonds. The molecule has 6 rings (SSSR count). The molecule has 4 aromatic rings. The first-order valence-corrected chi connectivity index (χ1v) is 13.2. The SMILES string of the molecule is CCc1nnc(-c2nn(-c3ccc(OC)cc3)c3c2CCN(c2ccc(N4CCOCC4=O)cc2)C3=O)n1NC. The number of ether oxygens (including phenoxy) is 2. The normalized spacial score (nSPS) is 15.4. The molecule has 0 saturated carbocycles. The number of nitrogens with one attached hydrogen (secondary N) is 1. The molecule has 1 saturated heterocycles. The van der Waals surface area contributed by atoms with Gasteiger partial charge in [0.05, 0.1) is 19.4 Å². The van der Waals surface area contributed by atoms with Crippen molar-refractivity contribution in [3.8, 4) is 23.0 Å². The largest absolute Gasteiger partial charge is 0.497 e. The maximum absolute atomic E-state index is 14.1. The summed E-state index contributed by atoms with van der Waals surface area (Å²) >= 11 is 0. The van der Waals surface area contributed by atoms with Gasteiger partial charge in [-0.2, -0.15) is 5.10 Å². The second-order valence-corrected chi connectivity index (χ2v) is 9.46. The van der Waals surface area contributed by atoms with Crippen LogP contribution in [0.1, 0.15) is 28.8 Å². The second-order valence-electron chi connectivity index (χ2n) is 9.46. The van der Waals surface area contributed by atoms with E-state index >= 15 is 0 Å². The number of aromatic nitrogens is 5. The van der Waals surface area contributed by atoms with Gasteiger partial charge in [0.15, 0.2) is 5.82 Å². The third-order valence-corrected chi connectivity index (χ3v) is 7.27. The second kappa shape index (κ2) is 10.5. The molecular weight excluding hydrogens is 512 g/mol. The molecule has 0 bridgehead atoms. The maximum atomic E-state index is 14.1. The highest BCUT2D eigenvalue weighted by Gasteiger charge is 2.35.